The minimum absolute atomic E-state index is 0.262. The van der Waals surface area contributed by atoms with Crippen LogP contribution in [0.3, 0.4) is 0 Å². The van der Waals surface area contributed by atoms with Gasteiger partial charge < -0.3 is 0 Å². The van der Waals surface area contributed by atoms with E-state index in [1.807, 2.05) is 0 Å². The summed E-state index contributed by atoms with van der Waals surface area (Å²) in [7, 11) is 0. The number of alkyl halides is 1. The Balaban J connectivity index is 3.04. The van der Waals surface area contributed by atoms with Crippen LogP contribution in [0, 0.1) is 12.0 Å². The number of carbonyl (C=O) groups is 1. The molecule has 1 heterocycles. The van der Waals surface area contributed by atoms with Crippen LogP contribution in [0.1, 0.15) is 6.92 Å². The molecule has 0 radical (unpaired) electrons. The third-order valence-electron chi connectivity index (χ3n) is 1.10. The number of hydrogen-bond acceptors (Lipinski definition) is 1. The molecule has 0 saturated carbocycles. The fourth-order valence-corrected chi connectivity index (χ4v) is 1.45. The van der Waals surface area contributed by atoms with E-state index in [1.54, 1.807) is 13.0 Å². The molecule has 0 fully saturated rings. The zero-order valence-electron chi connectivity index (χ0n) is 5.74. The maximum absolute atomic E-state index is 10.9. The van der Waals surface area contributed by atoms with Crippen molar-refractivity contribution >= 4 is 33.4 Å². The fraction of sp³-hybridized carbons (Fsp3) is 0.286. The predicted molar refractivity (Wildman–Crippen MR) is 47.2 cm³/mol. The van der Waals surface area contributed by atoms with Crippen LogP contribution >= 0.6 is 27.5 Å². The summed E-state index contributed by atoms with van der Waals surface area (Å²) in [4.78, 5) is 10.1. The highest BCUT2D eigenvalue weighted by Gasteiger charge is 2.19. The molecule has 0 bridgehead atoms. The topological polar surface area (TPSA) is 29.1 Å². The van der Waals surface area contributed by atoms with E-state index < -0.39 is 4.87 Å². The summed E-state index contributed by atoms with van der Waals surface area (Å²) in [6.45, 7) is 1.71. The largest absolute Gasteiger partial charge is 0.280 e. The summed E-state index contributed by atoms with van der Waals surface area (Å²) in [5.74, 6) is 2.40. The highest BCUT2D eigenvalue weighted by molar-refractivity contribution is 9.12. The van der Waals surface area contributed by atoms with Crippen LogP contribution in [0.5, 0.6) is 0 Å². The van der Waals surface area contributed by atoms with Gasteiger partial charge in [-0.2, -0.15) is 0 Å². The van der Waals surface area contributed by atoms with E-state index in [2.05, 4.69) is 33.2 Å². The molecule has 1 N–H and O–H groups in total. The first-order valence-electron chi connectivity index (χ1n) is 2.91. The Labute approximate surface area is 78.1 Å². The van der Waals surface area contributed by atoms with Crippen molar-refractivity contribution in [1.29, 1.82) is 0 Å². The second-order valence-corrected chi connectivity index (χ2v) is 3.91. The van der Waals surface area contributed by atoms with Gasteiger partial charge in [-0.15, -0.1) is 11.6 Å². The number of amides is 1. The van der Waals surface area contributed by atoms with Gasteiger partial charge in [-0.1, -0.05) is 5.92 Å². The van der Waals surface area contributed by atoms with Crippen LogP contribution in [-0.2, 0) is 4.79 Å². The molecule has 1 aliphatic rings. The number of rotatable bonds is 0. The van der Waals surface area contributed by atoms with Crippen LogP contribution in [0.4, 0.5) is 0 Å². The van der Waals surface area contributed by atoms with Gasteiger partial charge in [0.25, 0.3) is 5.91 Å². The molecule has 2 nitrogen and oxygen atoms in total. The molecule has 4 heteroatoms. The van der Waals surface area contributed by atoms with Crippen molar-refractivity contribution in [3.05, 3.63) is 10.6 Å². The van der Waals surface area contributed by atoms with Gasteiger partial charge in [-0.3, -0.25) is 10.1 Å². The first kappa shape index (κ1) is 8.63. The first-order chi connectivity index (χ1) is 5.01. The average molecular weight is 234 g/mol. The van der Waals surface area contributed by atoms with Crippen molar-refractivity contribution in [3.8, 4) is 12.0 Å². The first-order valence-corrected chi connectivity index (χ1v) is 4.08. The SMILES string of the molecule is CC1(Cl)C#CNC(=O)C(Br)=C1. The van der Waals surface area contributed by atoms with Gasteiger partial charge in [-0.05, 0) is 28.9 Å². The molecule has 11 heavy (non-hydrogen) atoms. The maximum Gasteiger partial charge on any atom is 0.269 e. The summed E-state index contributed by atoms with van der Waals surface area (Å²) in [5.41, 5.74) is 0. The summed E-state index contributed by atoms with van der Waals surface area (Å²) < 4.78 is 0.396. The van der Waals surface area contributed by atoms with Crippen molar-refractivity contribution in [2.24, 2.45) is 0 Å². The van der Waals surface area contributed by atoms with Gasteiger partial charge in [0.2, 0.25) is 0 Å². The predicted octanol–water partition coefficient (Wildman–Crippen LogP) is 1.35. The average Bonchev–Trinajstić information content (AvgIpc) is 1.93. The molecule has 0 aromatic heterocycles. The van der Waals surface area contributed by atoms with E-state index in [-0.39, 0.29) is 5.91 Å². The van der Waals surface area contributed by atoms with Crippen molar-refractivity contribution in [3.63, 3.8) is 0 Å². The molecule has 1 aliphatic heterocycles. The van der Waals surface area contributed by atoms with Crippen molar-refractivity contribution in [2.75, 3.05) is 0 Å². The van der Waals surface area contributed by atoms with Gasteiger partial charge in [0.05, 0.1) is 4.48 Å². The van der Waals surface area contributed by atoms with Crippen LogP contribution in [0.25, 0.3) is 0 Å². The molecule has 1 unspecified atom stereocenters. The number of halogens is 2. The number of hydrogen-bond donors (Lipinski definition) is 1. The molecule has 1 atom stereocenters. The second-order valence-electron chi connectivity index (χ2n) is 2.27. The quantitative estimate of drug-likeness (QED) is 0.498. The maximum atomic E-state index is 10.9. The zero-order chi connectivity index (χ0) is 8.48. The van der Waals surface area contributed by atoms with Gasteiger partial charge in [0, 0.05) is 6.04 Å². The van der Waals surface area contributed by atoms with Crippen molar-refractivity contribution in [2.45, 2.75) is 11.8 Å². The smallest absolute Gasteiger partial charge is 0.269 e. The summed E-state index contributed by atoms with van der Waals surface area (Å²) in [6.07, 6.45) is 1.56. The zero-order valence-corrected chi connectivity index (χ0v) is 8.08. The lowest BCUT2D eigenvalue weighted by Gasteiger charge is -2.05. The third kappa shape index (κ3) is 2.25. The van der Waals surface area contributed by atoms with E-state index in [9.17, 15) is 4.79 Å². The second kappa shape index (κ2) is 2.88. The molecule has 0 saturated heterocycles. The minimum atomic E-state index is -0.766. The molecular formula is C7H5BrClNO. The summed E-state index contributed by atoms with van der Waals surface area (Å²) >= 11 is 8.93. The molecule has 1 rings (SSSR count). The summed E-state index contributed by atoms with van der Waals surface area (Å²) in [6, 6.07) is 2.45. The van der Waals surface area contributed by atoms with E-state index in [1.165, 1.54) is 0 Å². The van der Waals surface area contributed by atoms with Gasteiger partial charge in [0.1, 0.15) is 4.87 Å². The van der Waals surface area contributed by atoms with Gasteiger partial charge in [-0.25, -0.2) is 0 Å². The van der Waals surface area contributed by atoms with Gasteiger partial charge in [0.15, 0.2) is 0 Å². The van der Waals surface area contributed by atoms with Gasteiger partial charge >= 0.3 is 0 Å². The molecule has 0 aromatic carbocycles. The van der Waals surface area contributed by atoms with E-state index in [4.69, 9.17) is 11.6 Å². The number of allylic oxidation sites excluding steroid dienone is 1. The molecule has 0 aliphatic carbocycles. The number of carbonyl (C=O) groups excluding carboxylic acids is 1. The lowest BCUT2D eigenvalue weighted by Crippen LogP contribution is -2.16. The standard InChI is InChI=1S/C7H5BrClNO/c1-7(9)2-3-10-6(11)5(8)4-7/h4H,1H3,(H,10,11). The number of nitrogens with one attached hydrogen (secondary N) is 1. The van der Waals surface area contributed by atoms with E-state index >= 15 is 0 Å². The Hall–Kier alpha value is -0.460. The minimum Gasteiger partial charge on any atom is -0.280 e. The lowest BCUT2D eigenvalue weighted by atomic mass is 10.2. The third-order valence-corrected chi connectivity index (χ3v) is 1.89. The monoisotopic (exact) mass is 233 g/mol. The van der Waals surface area contributed by atoms with E-state index in [0.29, 0.717) is 4.48 Å². The lowest BCUT2D eigenvalue weighted by molar-refractivity contribution is -0.115. The Morgan fingerprint density at radius 1 is 1.82 bits per heavy atom. The Bertz CT molecular complexity index is 285. The van der Waals surface area contributed by atoms with Crippen LogP contribution in [0.15, 0.2) is 10.6 Å². The van der Waals surface area contributed by atoms with Crippen molar-refractivity contribution in [1.82, 2.24) is 5.32 Å². The van der Waals surface area contributed by atoms with Crippen LogP contribution in [0.2, 0.25) is 0 Å². The molecule has 0 spiro atoms. The Kier molecular flexibility index (Phi) is 2.26. The highest BCUT2D eigenvalue weighted by Crippen LogP contribution is 2.21. The normalized spacial score (nSPS) is 29.4. The van der Waals surface area contributed by atoms with E-state index in [0.717, 1.165) is 0 Å². The van der Waals surface area contributed by atoms with Crippen LogP contribution in [-0.4, -0.2) is 10.8 Å². The molecule has 58 valence electrons. The Morgan fingerprint density at radius 2 is 2.45 bits per heavy atom. The van der Waals surface area contributed by atoms with Crippen LogP contribution < -0.4 is 5.32 Å². The molecule has 1 amide bonds. The summed E-state index contributed by atoms with van der Waals surface area (Å²) in [5, 5.41) is 2.35. The molecule has 0 aromatic rings. The highest BCUT2D eigenvalue weighted by atomic mass is 79.9. The Morgan fingerprint density at radius 3 is 3.09 bits per heavy atom. The fourth-order valence-electron chi connectivity index (χ4n) is 0.610. The van der Waals surface area contributed by atoms with Crippen molar-refractivity contribution < 1.29 is 4.79 Å². The molecular weight excluding hydrogens is 229 g/mol.